The minimum atomic E-state index is 0.144. The summed E-state index contributed by atoms with van der Waals surface area (Å²) < 4.78 is 0. The van der Waals surface area contributed by atoms with Crippen molar-refractivity contribution < 1.29 is 0 Å². The lowest BCUT2D eigenvalue weighted by molar-refractivity contribution is 0.956. The van der Waals surface area contributed by atoms with Crippen LogP contribution in [0.2, 0.25) is 0 Å². The Balaban J connectivity index is 2.84. The largest absolute Gasteiger partial charge is 0.368 e. The monoisotopic (exact) mass is 223 g/mol. The SMILES string of the molecule is CCCC(=N)Nc1nc(N)nc(N(C)C)n1. The number of hydrogen-bond acceptors (Lipinski definition) is 6. The minimum Gasteiger partial charge on any atom is -0.368 e. The first-order valence-electron chi connectivity index (χ1n) is 5.06. The zero-order valence-electron chi connectivity index (χ0n) is 9.78. The molecule has 7 heteroatoms. The molecule has 0 unspecified atom stereocenters. The molecule has 0 aliphatic rings. The van der Waals surface area contributed by atoms with Gasteiger partial charge in [0.2, 0.25) is 17.8 Å². The number of anilines is 3. The first-order chi connectivity index (χ1) is 7.52. The molecule has 0 amide bonds. The Morgan fingerprint density at radius 1 is 1.38 bits per heavy atom. The molecule has 0 aliphatic heterocycles. The van der Waals surface area contributed by atoms with E-state index < -0.39 is 0 Å². The van der Waals surface area contributed by atoms with Gasteiger partial charge in [-0.1, -0.05) is 6.92 Å². The highest BCUT2D eigenvalue weighted by Gasteiger charge is 2.06. The molecule has 0 fully saturated rings. The van der Waals surface area contributed by atoms with Crippen molar-refractivity contribution in [2.24, 2.45) is 0 Å². The third-order valence-electron chi connectivity index (χ3n) is 1.80. The number of amidine groups is 1. The summed E-state index contributed by atoms with van der Waals surface area (Å²) in [4.78, 5) is 13.7. The summed E-state index contributed by atoms with van der Waals surface area (Å²) >= 11 is 0. The first-order valence-corrected chi connectivity index (χ1v) is 5.06. The molecule has 0 atom stereocenters. The molecule has 0 aliphatic carbocycles. The quantitative estimate of drug-likeness (QED) is 0.513. The van der Waals surface area contributed by atoms with E-state index in [1.165, 1.54) is 0 Å². The van der Waals surface area contributed by atoms with Crippen LogP contribution < -0.4 is 16.0 Å². The average Bonchev–Trinajstić information content (AvgIpc) is 2.16. The predicted molar refractivity (Wildman–Crippen MR) is 64.8 cm³/mol. The lowest BCUT2D eigenvalue weighted by Crippen LogP contribution is -2.18. The maximum atomic E-state index is 7.61. The second-order valence-corrected chi connectivity index (χ2v) is 3.57. The Morgan fingerprint density at radius 2 is 2.06 bits per heavy atom. The molecule has 16 heavy (non-hydrogen) atoms. The van der Waals surface area contributed by atoms with E-state index in [0.717, 1.165) is 6.42 Å². The van der Waals surface area contributed by atoms with Gasteiger partial charge in [0.25, 0.3) is 0 Å². The molecular formula is C9H17N7. The summed E-state index contributed by atoms with van der Waals surface area (Å²) in [6.45, 7) is 2.00. The molecule has 4 N–H and O–H groups in total. The van der Waals surface area contributed by atoms with E-state index in [0.29, 0.717) is 24.2 Å². The van der Waals surface area contributed by atoms with Gasteiger partial charge >= 0.3 is 0 Å². The number of aromatic nitrogens is 3. The van der Waals surface area contributed by atoms with Gasteiger partial charge in [0, 0.05) is 20.5 Å². The van der Waals surface area contributed by atoms with Crippen LogP contribution in [0.25, 0.3) is 0 Å². The number of nitrogens with zero attached hydrogens (tertiary/aromatic N) is 4. The minimum absolute atomic E-state index is 0.144. The van der Waals surface area contributed by atoms with Crippen LogP contribution in [0.3, 0.4) is 0 Å². The molecule has 0 aromatic carbocycles. The molecule has 1 aromatic heterocycles. The van der Waals surface area contributed by atoms with Crippen LogP contribution in [-0.2, 0) is 0 Å². The number of nitrogens with one attached hydrogen (secondary N) is 2. The smallest absolute Gasteiger partial charge is 0.234 e. The van der Waals surface area contributed by atoms with Crippen molar-refractivity contribution in [1.82, 2.24) is 15.0 Å². The molecule has 0 saturated carbocycles. The third-order valence-corrected chi connectivity index (χ3v) is 1.80. The summed E-state index contributed by atoms with van der Waals surface area (Å²) in [7, 11) is 3.63. The highest BCUT2D eigenvalue weighted by Crippen LogP contribution is 2.09. The Bertz CT molecular complexity index is 374. The highest BCUT2D eigenvalue weighted by atomic mass is 15.3. The fourth-order valence-electron chi connectivity index (χ4n) is 1.08. The second kappa shape index (κ2) is 5.24. The second-order valence-electron chi connectivity index (χ2n) is 3.57. The molecule has 88 valence electrons. The normalized spacial score (nSPS) is 9.94. The van der Waals surface area contributed by atoms with Crippen molar-refractivity contribution in [2.75, 3.05) is 30.0 Å². The zero-order valence-corrected chi connectivity index (χ0v) is 9.78. The van der Waals surface area contributed by atoms with E-state index in [4.69, 9.17) is 11.1 Å². The van der Waals surface area contributed by atoms with Gasteiger partial charge in [0.1, 0.15) is 0 Å². The van der Waals surface area contributed by atoms with Crippen molar-refractivity contribution in [3.05, 3.63) is 0 Å². The van der Waals surface area contributed by atoms with Crippen molar-refractivity contribution >= 4 is 23.7 Å². The van der Waals surface area contributed by atoms with Crippen molar-refractivity contribution in [3.63, 3.8) is 0 Å². The number of rotatable bonds is 4. The van der Waals surface area contributed by atoms with Gasteiger partial charge in [0.05, 0.1) is 5.84 Å². The van der Waals surface area contributed by atoms with Gasteiger partial charge in [-0.2, -0.15) is 15.0 Å². The summed E-state index contributed by atoms with van der Waals surface area (Å²) in [5, 5.41) is 10.4. The lowest BCUT2D eigenvalue weighted by Gasteiger charge is -2.12. The number of nitrogens with two attached hydrogens (primary N) is 1. The first kappa shape index (κ1) is 12.2. The molecule has 1 heterocycles. The molecule has 0 bridgehead atoms. The van der Waals surface area contributed by atoms with E-state index in [-0.39, 0.29) is 5.95 Å². The standard InChI is InChI=1S/C9H17N7/c1-4-5-6(10)12-8-13-7(11)14-9(15-8)16(2)3/h4-5H2,1-3H3,(H4,10,11,12,13,14,15). The van der Waals surface area contributed by atoms with Crippen LogP contribution in [0.15, 0.2) is 0 Å². The summed E-state index contributed by atoms with van der Waals surface area (Å²) in [6, 6.07) is 0. The Labute approximate surface area is 94.6 Å². The molecule has 7 nitrogen and oxygen atoms in total. The van der Waals surface area contributed by atoms with Crippen molar-refractivity contribution in [1.29, 1.82) is 5.41 Å². The van der Waals surface area contributed by atoms with Crippen molar-refractivity contribution in [2.45, 2.75) is 19.8 Å². The van der Waals surface area contributed by atoms with Gasteiger partial charge in [-0.05, 0) is 6.42 Å². The third kappa shape index (κ3) is 3.34. The molecule has 1 rings (SSSR count). The number of nitrogen functional groups attached to an aromatic ring is 1. The highest BCUT2D eigenvalue weighted by molar-refractivity contribution is 5.91. The van der Waals surface area contributed by atoms with Crippen LogP contribution in [0.5, 0.6) is 0 Å². The maximum absolute atomic E-state index is 7.61. The lowest BCUT2D eigenvalue weighted by atomic mass is 10.3. The molecule has 0 radical (unpaired) electrons. The zero-order chi connectivity index (χ0) is 12.1. The molecule has 0 saturated heterocycles. The Morgan fingerprint density at radius 3 is 2.62 bits per heavy atom. The van der Waals surface area contributed by atoms with Crippen molar-refractivity contribution in [3.8, 4) is 0 Å². The van der Waals surface area contributed by atoms with Crippen LogP contribution in [0, 0.1) is 5.41 Å². The average molecular weight is 223 g/mol. The van der Waals surface area contributed by atoms with E-state index in [1.54, 1.807) is 4.90 Å². The van der Waals surface area contributed by atoms with Gasteiger partial charge < -0.3 is 16.0 Å². The topological polar surface area (TPSA) is 104 Å². The van der Waals surface area contributed by atoms with Gasteiger partial charge in [-0.15, -0.1) is 0 Å². The Kier molecular flexibility index (Phi) is 3.98. The fraction of sp³-hybridized carbons (Fsp3) is 0.556. The molecule has 0 spiro atoms. The Hall–Kier alpha value is -1.92. The molecular weight excluding hydrogens is 206 g/mol. The summed E-state index contributed by atoms with van der Waals surface area (Å²) in [6.07, 6.45) is 1.55. The summed E-state index contributed by atoms with van der Waals surface area (Å²) in [5.74, 6) is 1.30. The van der Waals surface area contributed by atoms with E-state index in [2.05, 4.69) is 20.3 Å². The predicted octanol–water partition coefficient (Wildman–Crippen LogP) is 0.709. The van der Waals surface area contributed by atoms with Crippen LogP contribution in [0.4, 0.5) is 17.8 Å². The van der Waals surface area contributed by atoms with E-state index in [1.807, 2.05) is 21.0 Å². The molecule has 1 aromatic rings. The van der Waals surface area contributed by atoms with E-state index >= 15 is 0 Å². The van der Waals surface area contributed by atoms with E-state index in [9.17, 15) is 0 Å². The van der Waals surface area contributed by atoms with Crippen LogP contribution in [0.1, 0.15) is 19.8 Å². The number of hydrogen-bond donors (Lipinski definition) is 3. The van der Waals surface area contributed by atoms with Crippen LogP contribution >= 0.6 is 0 Å². The van der Waals surface area contributed by atoms with Crippen LogP contribution in [-0.4, -0.2) is 34.9 Å². The summed E-state index contributed by atoms with van der Waals surface area (Å²) in [5.41, 5.74) is 5.55. The fourth-order valence-corrected chi connectivity index (χ4v) is 1.08. The maximum Gasteiger partial charge on any atom is 0.234 e. The van der Waals surface area contributed by atoms with Gasteiger partial charge in [-0.25, -0.2) is 0 Å². The van der Waals surface area contributed by atoms with Gasteiger partial charge in [0.15, 0.2) is 0 Å². The van der Waals surface area contributed by atoms with Gasteiger partial charge in [-0.3, -0.25) is 5.41 Å².